The van der Waals surface area contributed by atoms with Gasteiger partial charge in [-0.1, -0.05) is 148 Å². The van der Waals surface area contributed by atoms with Crippen LogP contribution in [0.1, 0.15) is 187 Å². The van der Waals surface area contributed by atoms with Gasteiger partial charge >= 0.3 is 11.9 Å². The molecule has 0 rings (SSSR count). The number of unbranched alkanes of at least 4 members (excludes halogenated alkanes) is 22. The highest BCUT2D eigenvalue weighted by Crippen LogP contribution is 2.14. The van der Waals surface area contributed by atoms with Crippen LogP contribution in [0.3, 0.4) is 0 Å². The number of carboxylic acids is 1. The molecule has 0 radical (unpaired) electrons. The van der Waals surface area contributed by atoms with Crippen LogP contribution in [-0.4, -0.2) is 82.3 Å². The zero-order valence-corrected chi connectivity index (χ0v) is 34.4. The van der Waals surface area contributed by atoms with Gasteiger partial charge in [0.05, 0.1) is 40.3 Å². The third kappa shape index (κ3) is 36.4. The van der Waals surface area contributed by atoms with Crippen LogP contribution in [0, 0.1) is 0 Å². The lowest BCUT2D eigenvalue weighted by Crippen LogP contribution is -2.44. The van der Waals surface area contributed by atoms with Gasteiger partial charge in [-0.05, 0) is 38.5 Å². The van der Waals surface area contributed by atoms with E-state index in [0.29, 0.717) is 23.9 Å². The number of hydrogen-bond acceptors (Lipinski definition) is 8. The second-order valence-corrected chi connectivity index (χ2v) is 15.6. The first-order valence-electron chi connectivity index (χ1n) is 21.3. The molecule has 0 aromatic rings. The lowest BCUT2D eigenvalue weighted by Gasteiger charge is -2.26. The molecule has 0 fully saturated rings. The maximum absolute atomic E-state index is 12.7. The van der Waals surface area contributed by atoms with E-state index in [1.807, 2.05) is 21.1 Å². The number of esters is 2. The van der Waals surface area contributed by atoms with E-state index in [9.17, 15) is 19.5 Å². The van der Waals surface area contributed by atoms with E-state index >= 15 is 0 Å². The summed E-state index contributed by atoms with van der Waals surface area (Å²) in [6.45, 7) is 4.72. The van der Waals surface area contributed by atoms with Crippen LogP contribution in [0.15, 0.2) is 12.2 Å². The van der Waals surface area contributed by atoms with Gasteiger partial charge in [-0.25, -0.2) is 0 Å². The summed E-state index contributed by atoms with van der Waals surface area (Å²) < 4.78 is 22.5. The minimum absolute atomic E-state index is 0.149. The Balaban J connectivity index is 4.48. The number of hydrogen-bond donors (Lipinski definition) is 0. The first-order chi connectivity index (χ1) is 25.1. The van der Waals surface area contributed by atoms with Crippen molar-refractivity contribution in [2.75, 3.05) is 47.5 Å². The molecular weight excluding hydrogens is 658 g/mol. The summed E-state index contributed by atoms with van der Waals surface area (Å²) in [6.07, 6.45) is 32.3. The quantitative estimate of drug-likeness (QED) is 0.0202. The van der Waals surface area contributed by atoms with Crippen molar-refractivity contribution in [1.82, 2.24) is 0 Å². The van der Waals surface area contributed by atoms with Gasteiger partial charge < -0.3 is 33.3 Å². The van der Waals surface area contributed by atoms with Crippen molar-refractivity contribution in [3.05, 3.63) is 12.2 Å². The fourth-order valence-corrected chi connectivity index (χ4v) is 5.88. The minimum Gasteiger partial charge on any atom is -0.545 e. The van der Waals surface area contributed by atoms with Gasteiger partial charge in [0, 0.05) is 12.8 Å². The van der Waals surface area contributed by atoms with Crippen molar-refractivity contribution in [3.8, 4) is 0 Å². The highest BCUT2D eigenvalue weighted by molar-refractivity contribution is 5.70. The Hall–Kier alpha value is -1.97. The number of quaternary nitrogens is 1. The highest BCUT2D eigenvalue weighted by Gasteiger charge is 2.21. The van der Waals surface area contributed by atoms with E-state index in [0.717, 1.165) is 51.4 Å². The van der Waals surface area contributed by atoms with Crippen LogP contribution in [0.4, 0.5) is 0 Å². The monoisotopic (exact) mass is 740 g/mol. The molecule has 52 heavy (non-hydrogen) atoms. The molecule has 0 aromatic heterocycles. The summed E-state index contributed by atoms with van der Waals surface area (Å²) in [5, 5.41) is 11.7. The number of likely N-dealkylation sites (N-methyl/N-ethyl adjacent to an activating group) is 1. The van der Waals surface area contributed by atoms with E-state index in [-0.39, 0.29) is 32.2 Å². The molecule has 0 bridgehead atoms. The van der Waals surface area contributed by atoms with Gasteiger partial charge in [-0.2, -0.15) is 0 Å². The minimum atomic E-state index is -1.62. The Labute approximate surface area is 319 Å². The molecule has 0 aromatic carbocycles. The Bertz CT molecular complexity index is 872. The molecule has 2 atom stereocenters. The fourth-order valence-electron chi connectivity index (χ4n) is 5.88. The molecule has 0 amide bonds. The predicted octanol–water partition coefficient (Wildman–Crippen LogP) is 9.39. The van der Waals surface area contributed by atoms with Gasteiger partial charge in [0.25, 0.3) is 0 Å². The summed E-state index contributed by atoms with van der Waals surface area (Å²) in [5.74, 6) is -2.29. The number of rotatable bonds is 39. The topological polar surface area (TPSA) is 111 Å². The molecule has 0 aliphatic rings. The number of carboxylic acid groups (broad SMARTS) is 1. The second-order valence-electron chi connectivity index (χ2n) is 15.6. The molecule has 9 nitrogen and oxygen atoms in total. The summed E-state index contributed by atoms with van der Waals surface area (Å²) in [7, 11) is 5.90. The molecule has 0 N–H and O–H groups in total. The third-order valence-corrected chi connectivity index (χ3v) is 9.26. The van der Waals surface area contributed by atoms with Crippen LogP contribution in [0.25, 0.3) is 0 Å². The lowest BCUT2D eigenvalue weighted by atomic mass is 10.0. The smallest absolute Gasteiger partial charge is 0.306 e. The molecule has 0 aliphatic carbocycles. The number of ether oxygens (including phenoxy) is 4. The number of allylic oxidation sites excluding steroid dienone is 2. The number of carbonyl (C=O) groups is 3. The Morgan fingerprint density at radius 2 is 0.981 bits per heavy atom. The van der Waals surface area contributed by atoms with E-state index in [1.165, 1.54) is 103 Å². The van der Waals surface area contributed by atoms with Crippen LogP contribution in [0.2, 0.25) is 0 Å². The summed E-state index contributed by atoms with van der Waals surface area (Å²) in [4.78, 5) is 36.8. The normalized spacial score (nSPS) is 13.0. The summed E-state index contributed by atoms with van der Waals surface area (Å²) in [5.41, 5.74) is 0. The van der Waals surface area contributed by atoms with Crippen molar-refractivity contribution in [3.63, 3.8) is 0 Å². The Morgan fingerprint density at radius 1 is 0.558 bits per heavy atom. The van der Waals surface area contributed by atoms with Gasteiger partial charge in [0.2, 0.25) is 0 Å². The number of aliphatic carboxylic acids is 1. The second kappa shape index (κ2) is 36.0. The first kappa shape index (κ1) is 50.0. The van der Waals surface area contributed by atoms with Crippen LogP contribution in [0.5, 0.6) is 0 Å². The van der Waals surface area contributed by atoms with Gasteiger partial charge in [-0.3, -0.25) is 9.59 Å². The molecule has 0 heterocycles. The zero-order valence-electron chi connectivity index (χ0n) is 34.4. The summed E-state index contributed by atoms with van der Waals surface area (Å²) >= 11 is 0. The molecule has 0 saturated heterocycles. The molecule has 2 unspecified atom stereocenters. The fraction of sp³-hybridized carbons (Fsp3) is 0.884. The molecule has 0 aliphatic heterocycles. The average Bonchev–Trinajstić information content (AvgIpc) is 3.09. The summed E-state index contributed by atoms with van der Waals surface area (Å²) in [6, 6.07) is 0. The first-order valence-corrected chi connectivity index (χ1v) is 21.3. The van der Waals surface area contributed by atoms with E-state index in [4.69, 9.17) is 18.9 Å². The SMILES string of the molecule is CCCCCCC/C=C\CCCCCCCC(=O)OC(COC(=O)CCCCCCCCCCCCCCC)COC(OCC[N+](C)(C)C)C(=O)[O-]. The molecule has 0 spiro atoms. The van der Waals surface area contributed by atoms with E-state index in [1.54, 1.807) is 0 Å². The maximum atomic E-state index is 12.7. The van der Waals surface area contributed by atoms with E-state index in [2.05, 4.69) is 26.0 Å². The van der Waals surface area contributed by atoms with Crippen molar-refractivity contribution in [1.29, 1.82) is 0 Å². The number of carbonyl (C=O) groups excluding carboxylic acids is 3. The molecule has 306 valence electrons. The number of nitrogens with zero attached hydrogens (tertiary/aromatic N) is 1. The zero-order chi connectivity index (χ0) is 38.5. The van der Waals surface area contributed by atoms with Crippen LogP contribution < -0.4 is 5.11 Å². The Morgan fingerprint density at radius 3 is 1.42 bits per heavy atom. The van der Waals surface area contributed by atoms with Crippen molar-refractivity contribution >= 4 is 17.9 Å². The predicted molar refractivity (Wildman–Crippen MR) is 210 cm³/mol. The van der Waals surface area contributed by atoms with Crippen molar-refractivity contribution in [2.24, 2.45) is 0 Å². The molecular formula is C43H81NO8. The maximum Gasteiger partial charge on any atom is 0.306 e. The van der Waals surface area contributed by atoms with Crippen LogP contribution in [-0.2, 0) is 33.3 Å². The largest absolute Gasteiger partial charge is 0.545 e. The lowest BCUT2D eigenvalue weighted by molar-refractivity contribution is -0.870. The molecule has 0 saturated carbocycles. The Kier molecular flexibility index (Phi) is 34.7. The molecule has 9 heteroatoms. The standard InChI is InChI=1S/C43H81NO8/c1-6-8-10-12-14-16-18-20-22-24-26-28-30-32-34-41(46)52-39(38-51-43(42(47)48)49-36-35-44(3,4)5)37-50-40(45)33-31-29-27-25-23-21-19-17-15-13-11-9-7-2/h18,20,39,43H,6-17,19,21-38H2,1-5H3/b20-18-. The van der Waals surface area contributed by atoms with Crippen molar-refractivity contribution < 1.29 is 42.9 Å². The van der Waals surface area contributed by atoms with Gasteiger partial charge in [0.15, 0.2) is 12.4 Å². The van der Waals surface area contributed by atoms with E-state index < -0.39 is 24.3 Å². The average molecular weight is 740 g/mol. The van der Waals surface area contributed by atoms with Crippen LogP contribution >= 0.6 is 0 Å². The van der Waals surface area contributed by atoms with Gasteiger partial charge in [-0.15, -0.1) is 0 Å². The van der Waals surface area contributed by atoms with Gasteiger partial charge in [0.1, 0.15) is 13.2 Å². The highest BCUT2D eigenvalue weighted by atomic mass is 16.7. The van der Waals surface area contributed by atoms with Crippen molar-refractivity contribution in [2.45, 2.75) is 200 Å². The third-order valence-electron chi connectivity index (χ3n) is 9.26.